The van der Waals surface area contributed by atoms with Crippen LogP contribution in [-0.2, 0) is 7.05 Å². The van der Waals surface area contributed by atoms with Crippen LogP contribution in [0.1, 0.15) is 10.5 Å². The number of hydrogen-bond acceptors (Lipinski definition) is 2. The Morgan fingerprint density at radius 2 is 2.05 bits per heavy atom. The minimum absolute atomic E-state index is 0.283. The minimum Gasteiger partial charge on any atom is -0.364 e. The lowest BCUT2D eigenvalue weighted by Gasteiger charge is -2.03. The molecule has 0 saturated heterocycles. The van der Waals surface area contributed by atoms with Crippen molar-refractivity contribution < 1.29 is 4.79 Å². The molecule has 19 heavy (non-hydrogen) atoms. The minimum atomic E-state index is -0.511. The summed E-state index contributed by atoms with van der Waals surface area (Å²) in [5, 5.41) is 1.14. The highest BCUT2D eigenvalue weighted by molar-refractivity contribution is 5.91. The first kappa shape index (κ1) is 11.5. The van der Waals surface area contributed by atoms with Crippen LogP contribution in [-0.4, -0.2) is 15.5 Å². The van der Waals surface area contributed by atoms with Crippen LogP contribution >= 0.6 is 0 Å². The van der Waals surface area contributed by atoms with E-state index in [1.54, 1.807) is 12.1 Å². The molecule has 2 heterocycles. The molecule has 3 aromatic rings. The van der Waals surface area contributed by atoms with Crippen LogP contribution in [0.4, 0.5) is 0 Å². The Kier molecular flexibility index (Phi) is 2.56. The van der Waals surface area contributed by atoms with E-state index in [0.29, 0.717) is 0 Å². The lowest BCUT2D eigenvalue weighted by molar-refractivity contribution is 0.0995. The molecule has 3 rings (SSSR count). The number of nitrogens with zero attached hydrogens (tertiary/aromatic N) is 2. The highest BCUT2D eigenvalue weighted by atomic mass is 16.1. The van der Waals surface area contributed by atoms with E-state index < -0.39 is 5.91 Å². The predicted molar refractivity (Wildman–Crippen MR) is 74.7 cm³/mol. The van der Waals surface area contributed by atoms with E-state index >= 15 is 0 Å². The molecule has 0 atom stereocenters. The zero-order valence-electron chi connectivity index (χ0n) is 10.5. The Morgan fingerprint density at radius 3 is 2.84 bits per heavy atom. The summed E-state index contributed by atoms with van der Waals surface area (Å²) in [7, 11) is 2.01. The smallest absolute Gasteiger partial charge is 0.267 e. The number of rotatable bonds is 2. The van der Waals surface area contributed by atoms with Gasteiger partial charge in [-0.15, -0.1) is 0 Å². The summed E-state index contributed by atoms with van der Waals surface area (Å²) in [6.45, 7) is 0. The molecular formula is C15H13N3O. The summed E-state index contributed by atoms with van der Waals surface area (Å²) in [5.41, 5.74) is 8.42. The van der Waals surface area contributed by atoms with Gasteiger partial charge in [0.25, 0.3) is 5.91 Å². The van der Waals surface area contributed by atoms with Crippen LogP contribution in [0.15, 0.2) is 48.7 Å². The fourth-order valence-corrected chi connectivity index (χ4v) is 2.17. The van der Waals surface area contributed by atoms with Gasteiger partial charge in [0.2, 0.25) is 0 Å². The Hall–Kier alpha value is -2.62. The summed E-state index contributed by atoms with van der Waals surface area (Å²) in [6, 6.07) is 13.4. The third kappa shape index (κ3) is 1.97. The number of carbonyl (C=O) groups is 1. The molecule has 1 aromatic carbocycles. The second-order valence-corrected chi connectivity index (χ2v) is 4.47. The number of primary amides is 1. The summed E-state index contributed by atoms with van der Waals surface area (Å²) in [6.07, 6.45) is 2.02. The van der Waals surface area contributed by atoms with E-state index in [2.05, 4.69) is 21.7 Å². The molecule has 0 fully saturated rings. The molecule has 94 valence electrons. The van der Waals surface area contributed by atoms with Crippen LogP contribution in [0.5, 0.6) is 0 Å². The molecule has 0 unspecified atom stereocenters. The van der Waals surface area contributed by atoms with Crippen molar-refractivity contribution in [3.63, 3.8) is 0 Å². The standard InChI is InChI=1S/C15H13N3O/c1-18-8-7-11-9-10(5-6-14(11)18)12-3-2-4-13(17-12)15(16)19/h2-9H,1H3,(H2,16,19). The quantitative estimate of drug-likeness (QED) is 0.760. The first-order valence-corrected chi connectivity index (χ1v) is 5.97. The van der Waals surface area contributed by atoms with Crippen molar-refractivity contribution in [3.05, 3.63) is 54.4 Å². The van der Waals surface area contributed by atoms with Crippen molar-refractivity contribution in [1.29, 1.82) is 0 Å². The van der Waals surface area contributed by atoms with Gasteiger partial charge in [-0.2, -0.15) is 0 Å². The van der Waals surface area contributed by atoms with E-state index in [-0.39, 0.29) is 5.69 Å². The number of pyridine rings is 1. The maximum Gasteiger partial charge on any atom is 0.267 e. The van der Waals surface area contributed by atoms with Gasteiger partial charge in [-0.3, -0.25) is 4.79 Å². The maximum atomic E-state index is 11.2. The summed E-state index contributed by atoms with van der Waals surface area (Å²) in [4.78, 5) is 15.4. The van der Waals surface area contributed by atoms with Gasteiger partial charge in [0.1, 0.15) is 5.69 Å². The van der Waals surface area contributed by atoms with Gasteiger partial charge < -0.3 is 10.3 Å². The largest absolute Gasteiger partial charge is 0.364 e. The van der Waals surface area contributed by atoms with Crippen molar-refractivity contribution in [3.8, 4) is 11.3 Å². The normalized spacial score (nSPS) is 10.8. The first-order chi connectivity index (χ1) is 9.15. The second-order valence-electron chi connectivity index (χ2n) is 4.47. The Bertz CT molecular complexity index is 774. The van der Waals surface area contributed by atoms with Crippen molar-refractivity contribution in [2.75, 3.05) is 0 Å². The molecule has 2 aromatic heterocycles. The van der Waals surface area contributed by atoms with Gasteiger partial charge in [-0.25, -0.2) is 4.98 Å². The number of fused-ring (bicyclic) bond motifs is 1. The van der Waals surface area contributed by atoms with E-state index in [4.69, 9.17) is 5.73 Å². The summed E-state index contributed by atoms with van der Waals surface area (Å²) < 4.78 is 2.06. The van der Waals surface area contributed by atoms with Gasteiger partial charge >= 0.3 is 0 Å². The van der Waals surface area contributed by atoms with Crippen LogP contribution < -0.4 is 5.73 Å². The van der Waals surface area contributed by atoms with Crippen molar-refractivity contribution >= 4 is 16.8 Å². The van der Waals surface area contributed by atoms with Gasteiger partial charge in [0, 0.05) is 29.7 Å². The van der Waals surface area contributed by atoms with Gasteiger partial charge in [0.05, 0.1) is 5.69 Å². The van der Waals surface area contributed by atoms with Gasteiger partial charge in [0.15, 0.2) is 0 Å². The third-order valence-electron chi connectivity index (χ3n) is 3.18. The number of nitrogens with two attached hydrogens (primary N) is 1. The lowest BCUT2D eigenvalue weighted by Crippen LogP contribution is -2.12. The molecule has 0 aliphatic rings. The zero-order valence-corrected chi connectivity index (χ0v) is 10.5. The molecule has 2 N–H and O–H groups in total. The highest BCUT2D eigenvalue weighted by Crippen LogP contribution is 2.23. The number of amides is 1. The molecule has 0 aliphatic heterocycles. The number of aryl methyl sites for hydroxylation is 1. The van der Waals surface area contributed by atoms with Crippen molar-refractivity contribution in [2.24, 2.45) is 12.8 Å². The molecule has 4 nitrogen and oxygen atoms in total. The Balaban J connectivity index is 2.13. The summed E-state index contributed by atoms with van der Waals surface area (Å²) in [5.74, 6) is -0.511. The zero-order chi connectivity index (χ0) is 13.4. The molecule has 4 heteroatoms. The molecule has 0 radical (unpaired) electrons. The number of hydrogen-bond donors (Lipinski definition) is 1. The molecule has 0 bridgehead atoms. The van der Waals surface area contributed by atoms with Crippen LogP contribution in [0.2, 0.25) is 0 Å². The molecule has 0 aliphatic carbocycles. The monoisotopic (exact) mass is 251 g/mol. The highest BCUT2D eigenvalue weighted by Gasteiger charge is 2.06. The van der Waals surface area contributed by atoms with Crippen LogP contribution in [0, 0.1) is 0 Å². The summed E-state index contributed by atoms with van der Waals surface area (Å²) >= 11 is 0. The lowest BCUT2D eigenvalue weighted by atomic mass is 10.1. The molecule has 0 spiro atoms. The Labute approximate surface area is 110 Å². The molecular weight excluding hydrogens is 238 g/mol. The van der Waals surface area contributed by atoms with Crippen LogP contribution in [0.3, 0.4) is 0 Å². The number of carbonyl (C=O) groups excluding carboxylic acids is 1. The van der Waals surface area contributed by atoms with Crippen molar-refractivity contribution in [1.82, 2.24) is 9.55 Å². The average Bonchev–Trinajstić information content (AvgIpc) is 2.80. The Morgan fingerprint density at radius 1 is 1.21 bits per heavy atom. The van der Waals surface area contributed by atoms with Gasteiger partial charge in [-0.1, -0.05) is 12.1 Å². The predicted octanol–water partition coefficient (Wildman–Crippen LogP) is 2.34. The van der Waals surface area contributed by atoms with Crippen LogP contribution in [0.25, 0.3) is 22.2 Å². The average molecular weight is 251 g/mol. The molecule has 0 saturated carbocycles. The van der Waals surface area contributed by atoms with E-state index in [1.165, 1.54) is 0 Å². The number of benzene rings is 1. The maximum absolute atomic E-state index is 11.2. The van der Waals surface area contributed by atoms with Gasteiger partial charge in [-0.05, 0) is 30.3 Å². The van der Waals surface area contributed by atoms with E-state index in [1.807, 2.05) is 31.4 Å². The fraction of sp³-hybridized carbons (Fsp3) is 0.0667. The van der Waals surface area contributed by atoms with E-state index in [9.17, 15) is 4.79 Å². The number of aromatic nitrogens is 2. The van der Waals surface area contributed by atoms with E-state index in [0.717, 1.165) is 22.2 Å². The topological polar surface area (TPSA) is 60.9 Å². The van der Waals surface area contributed by atoms with Crippen molar-refractivity contribution in [2.45, 2.75) is 0 Å². The fourth-order valence-electron chi connectivity index (χ4n) is 2.17. The SMILES string of the molecule is Cn1ccc2cc(-c3cccc(C(N)=O)n3)ccc21. The first-order valence-electron chi connectivity index (χ1n) is 5.97. The third-order valence-corrected chi connectivity index (χ3v) is 3.18. The molecule has 1 amide bonds. The second kappa shape index (κ2) is 4.24.